The number of anilines is 1. The van der Waals surface area contributed by atoms with E-state index < -0.39 is 0 Å². The third-order valence-corrected chi connectivity index (χ3v) is 4.81. The van der Waals surface area contributed by atoms with Gasteiger partial charge in [0.1, 0.15) is 5.82 Å². The monoisotopic (exact) mass is 383 g/mol. The lowest BCUT2D eigenvalue weighted by Gasteiger charge is -2.35. The van der Waals surface area contributed by atoms with Crippen LogP contribution < -0.4 is 10.6 Å². The van der Waals surface area contributed by atoms with E-state index in [0.29, 0.717) is 11.6 Å². The molecule has 0 aliphatic carbocycles. The molecule has 1 aromatic carbocycles. The number of benzene rings is 1. The van der Waals surface area contributed by atoms with Crippen molar-refractivity contribution in [2.45, 2.75) is 13.0 Å². The van der Waals surface area contributed by atoms with E-state index in [9.17, 15) is 4.79 Å². The Morgan fingerprint density at radius 1 is 1.48 bits per heavy atom. The molecule has 2 heterocycles. The van der Waals surface area contributed by atoms with E-state index in [2.05, 4.69) is 20.5 Å². The number of rotatable bonds is 4. The molecule has 2 N–H and O–H groups in total. The summed E-state index contributed by atoms with van der Waals surface area (Å²) >= 11 is 6.12. The van der Waals surface area contributed by atoms with Crippen molar-refractivity contribution < 1.29 is 4.79 Å². The summed E-state index contributed by atoms with van der Waals surface area (Å²) in [5.74, 6) is 0.926. The van der Waals surface area contributed by atoms with Crippen LogP contribution >= 0.6 is 24.0 Å². The molecule has 1 amide bonds. The van der Waals surface area contributed by atoms with Gasteiger partial charge in [0.25, 0.3) is 0 Å². The van der Waals surface area contributed by atoms with E-state index in [-0.39, 0.29) is 24.4 Å². The van der Waals surface area contributed by atoms with Crippen LogP contribution in [0.5, 0.6) is 0 Å². The maximum absolute atomic E-state index is 12.5. The molecule has 25 heavy (non-hydrogen) atoms. The number of aromatic nitrogens is 2. The smallest absolute Gasteiger partial charge is 0.238 e. The lowest BCUT2D eigenvalue weighted by Crippen LogP contribution is -2.49. The van der Waals surface area contributed by atoms with Gasteiger partial charge in [0.2, 0.25) is 5.91 Å². The van der Waals surface area contributed by atoms with Gasteiger partial charge in [0.05, 0.1) is 12.6 Å². The minimum atomic E-state index is -0.0403. The molecule has 1 unspecified atom stereocenters. The van der Waals surface area contributed by atoms with Gasteiger partial charge in [0, 0.05) is 49.8 Å². The van der Waals surface area contributed by atoms with Gasteiger partial charge in [-0.25, -0.2) is 4.98 Å². The SMILES string of the molecule is Cc1c(Cl)cccc1NC(=O)CN1CCNCC1c1nccn1C.Cl. The fourth-order valence-corrected chi connectivity index (χ4v) is 3.18. The molecule has 136 valence electrons. The minimum Gasteiger partial charge on any atom is -0.337 e. The summed E-state index contributed by atoms with van der Waals surface area (Å²) < 4.78 is 2.00. The minimum absolute atomic E-state index is 0. The topological polar surface area (TPSA) is 62.2 Å². The van der Waals surface area contributed by atoms with E-state index in [4.69, 9.17) is 11.6 Å². The first-order valence-corrected chi connectivity index (χ1v) is 8.41. The molecule has 1 aromatic heterocycles. The van der Waals surface area contributed by atoms with Crippen LogP contribution in [0.25, 0.3) is 0 Å². The zero-order valence-electron chi connectivity index (χ0n) is 14.3. The van der Waals surface area contributed by atoms with Crippen molar-refractivity contribution in [3.8, 4) is 0 Å². The maximum atomic E-state index is 12.5. The summed E-state index contributed by atoms with van der Waals surface area (Å²) in [6.07, 6.45) is 3.72. The zero-order valence-corrected chi connectivity index (χ0v) is 15.9. The van der Waals surface area contributed by atoms with Gasteiger partial charge in [-0.15, -0.1) is 12.4 Å². The van der Waals surface area contributed by atoms with Crippen molar-refractivity contribution in [1.82, 2.24) is 19.8 Å². The first-order valence-electron chi connectivity index (χ1n) is 8.03. The normalized spacial score (nSPS) is 17.8. The van der Waals surface area contributed by atoms with Gasteiger partial charge >= 0.3 is 0 Å². The first kappa shape index (κ1) is 19.7. The average molecular weight is 384 g/mol. The average Bonchev–Trinajstić information content (AvgIpc) is 2.98. The van der Waals surface area contributed by atoms with Crippen LogP contribution in [0.1, 0.15) is 17.4 Å². The van der Waals surface area contributed by atoms with E-state index in [1.807, 2.05) is 42.9 Å². The Hall–Kier alpha value is -1.60. The molecule has 8 heteroatoms. The second-order valence-electron chi connectivity index (χ2n) is 6.05. The van der Waals surface area contributed by atoms with Crippen LogP contribution in [0, 0.1) is 6.92 Å². The van der Waals surface area contributed by atoms with Gasteiger partial charge in [-0.3, -0.25) is 9.69 Å². The fourth-order valence-electron chi connectivity index (χ4n) is 3.01. The molecular weight excluding hydrogens is 361 g/mol. The predicted molar refractivity (Wildman–Crippen MR) is 102 cm³/mol. The van der Waals surface area contributed by atoms with Gasteiger partial charge in [0.15, 0.2) is 0 Å². The predicted octanol–water partition coefficient (Wildman–Crippen LogP) is 2.39. The van der Waals surface area contributed by atoms with Crippen LogP contribution in [0.15, 0.2) is 30.6 Å². The molecule has 0 spiro atoms. The van der Waals surface area contributed by atoms with Gasteiger partial charge in [-0.2, -0.15) is 0 Å². The second kappa shape index (κ2) is 8.67. The number of piperazine rings is 1. The number of hydrogen-bond donors (Lipinski definition) is 2. The Morgan fingerprint density at radius 3 is 3.00 bits per heavy atom. The number of carbonyl (C=O) groups excluding carboxylic acids is 1. The van der Waals surface area contributed by atoms with Crippen molar-refractivity contribution >= 4 is 35.6 Å². The Bertz CT molecular complexity index is 734. The highest BCUT2D eigenvalue weighted by Gasteiger charge is 2.28. The number of amides is 1. The molecule has 2 aromatic rings. The van der Waals surface area contributed by atoms with E-state index >= 15 is 0 Å². The molecule has 3 rings (SSSR count). The van der Waals surface area contributed by atoms with Crippen molar-refractivity contribution in [2.24, 2.45) is 7.05 Å². The highest BCUT2D eigenvalue weighted by Crippen LogP contribution is 2.24. The number of aryl methyl sites for hydroxylation is 1. The number of halogens is 2. The molecule has 1 saturated heterocycles. The van der Waals surface area contributed by atoms with Crippen molar-refractivity contribution in [3.05, 3.63) is 47.0 Å². The van der Waals surface area contributed by atoms with Crippen molar-refractivity contribution in [3.63, 3.8) is 0 Å². The van der Waals surface area contributed by atoms with Crippen molar-refractivity contribution in [1.29, 1.82) is 0 Å². The van der Waals surface area contributed by atoms with Crippen LogP contribution in [0.3, 0.4) is 0 Å². The molecule has 1 aliphatic heterocycles. The number of carbonyl (C=O) groups is 1. The molecule has 0 radical (unpaired) electrons. The summed E-state index contributed by atoms with van der Waals surface area (Å²) in [4.78, 5) is 19.1. The highest BCUT2D eigenvalue weighted by molar-refractivity contribution is 6.31. The number of hydrogen-bond acceptors (Lipinski definition) is 4. The highest BCUT2D eigenvalue weighted by atomic mass is 35.5. The second-order valence-corrected chi connectivity index (χ2v) is 6.45. The fraction of sp³-hybridized carbons (Fsp3) is 0.412. The molecule has 0 saturated carbocycles. The summed E-state index contributed by atoms with van der Waals surface area (Å²) in [5.41, 5.74) is 1.64. The molecule has 0 bridgehead atoms. The third kappa shape index (κ3) is 4.52. The van der Waals surface area contributed by atoms with E-state index in [1.54, 1.807) is 6.20 Å². The molecule has 1 atom stereocenters. The number of imidazole rings is 1. The summed E-state index contributed by atoms with van der Waals surface area (Å²) in [7, 11) is 1.98. The van der Waals surface area contributed by atoms with Gasteiger partial charge in [-0.1, -0.05) is 17.7 Å². The van der Waals surface area contributed by atoms with Crippen LogP contribution in [-0.2, 0) is 11.8 Å². The quantitative estimate of drug-likeness (QED) is 0.850. The van der Waals surface area contributed by atoms with Crippen LogP contribution in [0.4, 0.5) is 5.69 Å². The van der Waals surface area contributed by atoms with Crippen LogP contribution in [0.2, 0.25) is 5.02 Å². The van der Waals surface area contributed by atoms with Gasteiger partial charge < -0.3 is 15.2 Å². The Morgan fingerprint density at radius 2 is 2.28 bits per heavy atom. The van der Waals surface area contributed by atoms with E-state index in [0.717, 1.165) is 36.7 Å². The van der Waals surface area contributed by atoms with Crippen LogP contribution in [-0.4, -0.2) is 46.5 Å². The first-order chi connectivity index (χ1) is 11.6. The molecule has 1 fully saturated rings. The molecular formula is C17H23Cl2N5O. The number of nitrogens with zero attached hydrogens (tertiary/aromatic N) is 3. The Balaban J connectivity index is 0.00000225. The third-order valence-electron chi connectivity index (χ3n) is 4.40. The maximum Gasteiger partial charge on any atom is 0.238 e. The largest absolute Gasteiger partial charge is 0.337 e. The molecule has 1 aliphatic rings. The summed E-state index contributed by atoms with van der Waals surface area (Å²) in [5, 5.41) is 7.00. The standard InChI is InChI=1S/C17H22ClN5O.ClH/c1-12-13(18)4-3-5-14(12)21-16(24)11-23-9-6-19-10-15(23)17-20-7-8-22(17)2;/h3-5,7-8,15,19H,6,9-11H2,1-2H3,(H,21,24);1H. The van der Waals surface area contributed by atoms with Gasteiger partial charge in [-0.05, 0) is 24.6 Å². The van der Waals surface area contributed by atoms with E-state index in [1.165, 1.54) is 0 Å². The summed E-state index contributed by atoms with van der Waals surface area (Å²) in [6.45, 7) is 4.68. The molecule has 6 nitrogen and oxygen atoms in total. The van der Waals surface area contributed by atoms with Crippen molar-refractivity contribution in [2.75, 3.05) is 31.5 Å². The Kier molecular flexibility index (Phi) is 6.84. The lowest BCUT2D eigenvalue weighted by atomic mass is 10.1. The Labute approximate surface area is 159 Å². The number of nitrogens with one attached hydrogen (secondary N) is 2. The lowest BCUT2D eigenvalue weighted by molar-refractivity contribution is -0.118. The zero-order chi connectivity index (χ0) is 17.1. The summed E-state index contributed by atoms with van der Waals surface area (Å²) in [6, 6.07) is 5.62.